The predicted octanol–water partition coefficient (Wildman–Crippen LogP) is 3.96. The van der Waals surface area contributed by atoms with E-state index < -0.39 is 10.0 Å². The zero-order valence-corrected chi connectivity index (χ0v) is 15.9. The number of anilines is 2. The quantitative estimate of drug-likeness (QED) is 0.631. The van der Waals surface area contributed by atoms with Gasteiger partial charge < -0.3 is 0 Å². The lowest BCUT2D eigenvalue weighted by molar-refractivity contribution is 0.102. The number of nitrogens with zero attached hydrogens (tertiary/aromatic N) is 1. The lowest BCUT2D eigenvalue weighted by Crippen LogP contribution is -2.14. The zero-order chi connectivity index (χ0) is 17.9. The largest absolute Gasteiger partial charge is 0.298 e. The van der Waals surface area contributed by atoms with Crippen LogP contribution in [0.3, 0.4) is 0 Å². The molecule has 0 spiro atoms. The molecule has 6 nitrogen and oxygen atoms in total. The Labute approximate surface area is 157 Å². The van der Waals surface area contributed by atoms with Crippen LogP contribution in [-0.4, -0.2) is 19.3 Å². The highest BCUT2D eigenvalue weighted by molar-refractivity contribution is 9.10. The highest BCUT2D eigenvalue weighted by atomic mass is 79.9. The molecule has 0 atom stereocenters. The Morgan fingerprint density at radius 1 is 1.04 bits per heavy atom. The maximum absolute atomic E-state index is 12.3. The van der Waals surface area contributed by atoms with Crippen molar-refractivity contribution >= 4 is 54.0 Å². The number of benzene rings is 2. The number of aromatic nitrogens is 1. The third-order valence-electron chi connectivity index (χ3n) is 3.18. The lowest BCUT2D eigenvalue weighted by Gasteiger charge is -2.09. The van der Waals surface area contributed by atoms with Crippen molar-refractivity contribution in [3.63, 3.8) is 0 Å². The standard InChI is InChI=1S/C16H12BrN3O3S2/c17-12-3-7-14(8-4-12)25(22,23)20-13-5-1-11(2-6-13)15(21)19-16-18-9-10-24-16/h1-10,20H,(H,18,19,21). The molecule has 0 bridgehead atoms. The number of carbonyl (C=O) groups excluding carboxylic acids is 1. The third kappa shape index (κ3) is 4.44. The van der Waals surface area contributed by atoms with E-state index in [0.29, 0.717) is 16.4 Å². The Balaban J connectivity index is 1.72. The summed E-state index contributed by atoms with van der Waals surface area (Å²) in [6.45, 7) is 0. The van der Waals surface area contributed by atoms with E-state index >= 15 is 0 Å². The van der Waals surface area contributed by atoms with Gasteiger partial charge in [-0.2, -0.15) is 0 Å². The van der Waals surface area contributed by atoms with Crippen LogP contribution in [0.1, 0.15) is 10.4 Å². The SMILES string of the molecule is O=C(Nc1nccs1)c1ccc(NS(=O)(=O)c2ccc(Br)cc2)cc1. The minimum Gasteiger partial charge on any atom is -0.298 e. The van der Waals surface area contributed by atoms with Gasteiger partial charge in [-0.25, -0.2) is 13.4 Å². The molecule has 0 aliphatic rings. The Hall–Kier alpha value is -2.23. The summed E-state index contributed by atoms with van der Waals surface area (Å²) in [7, 11) is -3.68. The van der Waals surface area contributed by atoms with Crippen LogP contribution in [-0.2, 0) is 10.0 Å². The summed E-state index contributed by atoms with van der Waals surface area (Å²) in [5.41, 5.74) is 0.774. The van der Waals surface area contributed by atoms with Gasteiger partial charge in [0.1, 0.15) is 0 Å². The first kappa shape index (κ1) is 17.6. The molecule has 0 saturated heterocycles. The van der Waals surface area contributed by atoms with Gasteiger partial charge in [0.2, 0.25) is 0 Å². The number of thiazole rings is 1. The molecule has 9 heteroatoms. The monoisotopic (exact) mass is 437 g/mol. The minimum atomic E-state index is -3.68. The maximum atomic E-state index is 12.3. The highest BCUT2D eigenvalue weighted by Gasteiger charge is 2.14. The van der Waals surface area contributed by atoms with E-state index in [2.05, 4.69) is 31.0 Å². The first-order valence-electron chi connectivity index (χ1n) is 7.03. The van der Waals surface area contributed by atoms with Crippen LogP contribution in [0.25, 0.3) is 0 Å². The van der Waals surface area contributed by atoms with Crippen LogP contribution in [0.5, 0.6) is 0 Å². The summed E-state index contributed by atoms with van der Waals surface area (Å²) in [5, 5.41) is 4.93. The number of rotatable bonds is 5. The van der Waals surface area contributed by atoms with Gasteiger partial charge in [-0.15, -0.1) is 11.3 Å². The maximum Gasteiger partial charge on any atom is 0.261 e. The van der Waals surface area contributed by atoms with Crippen molar-refractivity contribution in [3.8, 4) is 0 Å². The molecule has 3 rings (SSSR count). The van der Waals surface area contributed by atoms with Crippen LogP contribution >= 0.6 is 27.3 Å². The van der Waals surface area contributed by atoms with Gasteiger partial charge in [-0.3, -0.25) is 14.8 Å². The number of nitrogens with one attached hydrogen (secondary N) is 2. The van der Waals surface area contributed by atoms with Crippen molar-refractivity contribution < 1.29 is 13.2 Å². The van der Waals surface area contributed by atoms with Gasteiger partial charge in [0.05, 0.1) is 4.90 Å². The van der Waals surface area contributed by atoms with Crippen LogP contribution in [0.15, 0.2) is 69.5 Å². The fourth-order valence-electron chi connectivity index (χ4n) is 1.97. The minimum absolute atomic E-state index is 0.154. The summed E-state index contributed by atoms with van der Waals surface area (Å²) in [4.78, 5) is 16.2. The van der Waals surface area contributed by atoms with E-state index in [0.717, 1.165) is 4.47 Å². The Kier molecular flexibility index (Phi) is 5.16. The number of carbonyl (C=O) groups is 1. The summed E-state index contributed by atoms with van der Waals surface area (Å²) in [6.07, 6.45) is 1.60. The summed E-state index contributed by atoms with van der Waals surface area (Å²) < 4.78 is 27.9. The fourth-order valence-corrected chi connectivity index (χ4v) is 3.82. The van der Waals surface area contributed by atoms with Gasteiger partial charge in [-0.05, 0) is 48.5 Å². The summed E-state index contributed by atoms with van der Waals surface area (Å²) >= 11 is 4.58. The number of hydrogen-bond acceptors (Lipinski definition) is 5. The van der Waals surface area contributed by atoms with Gasteiger partial charge in [0, 0.05) is 27.3 Å². The second-order valence-corrected chi connectivity index (χ2v) is 8.42. The van der Waals surface area contributed by atoms with Crippen molar-refractivity contribution in [2.24, 2.45) is 0 Å². The molecule has 0 unspecified atom stereocenters. The molecular weight excluding hydrogens is 426 g/mol. The summed E-state index contributed by atoms with van der Waals surface area (Å²) in [5.74, 6) is -0.308. The molecule has 0 aliphatic carbocycles. The first-order chi connectivity index (χ1) is 11.9. The molecular formula is C16H12BrN3O3S2. The topological polar surface area (TPSA) is 88.2 Å². The highest BCUT2D eigenvalue weighted by Crippen LogP contribution is 2.19. The lowest BCUT2D eigenvalue weighted by atomic mass is 10.2. The van der Waals surface area contributed by atoms with Crippen LogP contribution in [0.4, 0.5) is 10.8 Å². The van der Waals surface area contributed by atoms with Crippen LogP contribution in [0, 0.1) is 0 Å². The second-order valence-electron chi connectivity index (χ2n) is 4.93. The van der Waals surface area contributed by atoms with Gasteiger partial charge >= 0.3 is 0 Å². The molecule has 1 amide bonds. The second kappa shape index (κ2) is 7.34. The zero-order valence-electron chi connectivity index (χ0n) is 12.6. The fraction of sp³-hybridized carbons (Fsp3) is 0. The number of halogens is 1. The Bertz CT molecular complexity index is 970. The molecule has 2 N–H and O–H groups in total. The molecule has 128 valence electrons. The van der Waals surface area contributed by atoms with Gasteiger partial charge in [-0.1, -0.05) is 15.9 Å². The van der Waals surface area contributed by atoms with Crippen molar-refractivity contribution in [1.82, 2.24) is 4.98 Å². The van der Waals surface area contributed by atoms with Gasteiger partial charge in [0.25, 0.3) is 15.9 Å². The molecule has 3 aromatic rings. The van der Waals surface area contributed by atoms with E-state index in [1.54, 1.807) is 35.8 Å². The van der Waals surface area contributed by atoms with E-state index in [9.17, 15) is 13.2 Å². The molecule has 1 aromatic heterocycles. The predicted molar refractivity (Wildman–Crippen MR) is 101 cm³/mol. The number of amides is 1. The van der Waals surface area contributed by atoms with Crippen molar-refractivity contribution in [3.05, 3.63) is 70.1 Å². The third-order valence-corrected chi connectivity index (χ3v) is 5.79. The average molecular weight is 438 g/mol. The van der Waals surface area contributed by atoms with E-state index in [-0.39, 0.29) is 10.8 Å². The van der Waals surface area contributed by atoms with Gasteiger partial charge in [0.15, 0.2) is 5.13 Å². The number of sulfonamides is 1. The summed E-state index contributed by atoms with van der Waals surface area (Å²) in [6, 6.07) is 12.5. The van der Waals surface area contributed by atoms with Crippen molar-refractivity contribution in [2.45, 2.75) is 4.90 Å². The molecule has 2 aromatic carbocycles. The molecule has 0 radical (unpaired) electrons. The molecule has 25 heavy (non-hydrogen) atoms. The smallest absolute Gasteiger partial charge is 0.261 e. The van der Waals surface area contributed by atoms with Crippen LogP contribution < -0.4 is 10.0 Å². The molecule has 0 fully saturated rings. The van der Waals surface area contributed by atoms with Crippen molar-refractivity contribution in [2.75, 3.05) is 10.0 Å². The molecule has 1 heterocycles. The molecule has 0 aliphatic heterocycles. The van der Waals surface area contributed by atoms with Crippen molar-refractivity contribution in [1.29, 1.82) is 0 Å². The molecule has 0 saturated carbocycles. The first-order valence-corrected chi connectivity index (χ1v) is 10.2. The van der Waals surface area contributed by atoms with Crippen LogP contribution in [0.2, 0.25) is 0 Å². The Morgan fingerprint density at radius 2 is 1.72 bits per heavy atom. The normalized spacial score (nSPS) is 11.1. The van der Waals surface area contributed by atoms with E-state index in [1.165, 1.54) is 35.6 Å². The average Bonchev–Trinajstić information content (AvgIpc) is 3.08. The van der Waals surface area contributed by atoms with E-state index in [1.807, 2.05) is 0 Å². The number of hydrogen-bond donors (Lipinski definition) is 2. The van der Waals surface area contributed by atoms with E-state index in [4.69, 9.17) is 0 Å². The Morgan fingerprint density at radius 3 is 2.32 bits per heavy atom.